The van der Waals surface area contributed by atoms with Crippen LogP contribution in [-0.2, 0) is 30.6 Å². The van der Waals surface area contributed by atoms with Crippen LogP contribution in [0, 0.1) is 10.8 Å². The lowest BCUT2D eigenvalue weighted by molar-refractivity contribution is -0.131. The van der Waals surface area contributed by atoms with Crippen LogP contribution in [0.3, 0.4) is 0 Å². The molecular weight excluding hydrogens is 378 g/mol. The van der Waals surface area contributed by atoms with E-state index in [-0.39, 0.29) is 18.2 Å². The van der Waals surface area contributed by atoms with Gasteiger partial charge in [-0.1, -0.05) is 24.3 Å². The van der Waals surface area contributed by atoms with E-state index in [0.717, 1.165) is 36.7 Å². The third kappa shape index (κ3) is 4.71. The van der Waals surface area contributed by atoms with Gasteiger partial charge in [-0.3, -0.25) is 4.79 Å². The van der Waals surface area contributed by atoms with E-state index >= 15 is 0 Å². The molecule has 0 saturated carbocycles. The molecule has 1 aliphatic heterocycles. The average Bonchev–Trinajstić information content (AvgIpc) is 3.18. The topological polar surface area (TPSA) is 118 Å². The highest BCUT2D eigenvalue weighted by Gasteiger charge is 2.24. The molecule has 8 nitrogen and oxygen atoms in total. The van der Waals surface area contributed by atoms with Gasteiger partial charge in [-0.25, -0.2) is 9.97 Å². The average molecular weight is 406 g/mol. The number of carbonyl (C=O) groups is 1. The van der Waals surface area contributed by atoms with Crippen molar-refractivity contribution in [1.29, 1.82) is 10.8 Å². The summed E-state index contributed by atoms with van der Waals surface area (Å²) in [5, 5.41) is 20.9. The van der Waals surface area contributed by atoms with Crippen molar-refractivity contribution in [3.63, 3.8) is 0 Å². The van der Waals surface area contributed by atoms with Crippen LogP contribution in [0.15, 0.2) is 30.5 Å². The van der Waals surface area contributed by atoms with Gasteiger partial charge < -0.3 is 26.4 Å². The molecule has 2 aliphatic rings. The molecule has 0 radical (unpaired) electrons. The summed E-state index contributed by atoms with van der Waals surface area (Å²) in [5.74, 6) is 0.703. The number of rotatable bonds is 8. The zero-order valence-electron chi connectivity index (χ0n) is 16.9. The molecule has 0 bridgehead atoms. The molecule has 1 aliphatic carbocycles. The number of nitrogens with one attached hydrogen (secondary N) is 4. The fourth-order valence-electron chi connectivity index (χ4n) is 4.04. The maximum Gasteiger partial charge on any atom is 0.236 e. The number of amides is 1. The Hall–Kier alpha value is -3.13. The minimum atomic E-state index is 0.0351. The van der Waals surface area contributed by atoms with Gasteiger partial charge in [-0.15, -0.1) is 0 Å². The van der Waals surface area contributed by atoms with Gasteiger partial charge in [0.15, 0.2) is 0 Å². The molecule has 0 atom stereocenters. The summed E-state index contributed by atoms with van der Waals surface area (Å²) in [7, 11) is 0. The predicted molar refractivity (Wildman–Crippen MR) is 116 cm³/mol. The first kappa shape index (κ1) is 20.2. The molecule has 0 saturated heterocycles. The van der Waals surface area contributed by atoms with Crippen LogP contribution in [0.5, 0.6) is 0 Å². The zero-order chi connectivity index (χ0) is 20.9. The van der Waals surface area contributed by atoms with Crippen LogP contribution in [-0.4, -0.2) is 58.4 Å². The summed E-state index contributed by atoms with van der Waals surface area (Å²) in [4.78, 5) is 23.5. The normalized spacial score (nSPS) is 15.4. The van der Waals surface area contributed by atoms with Gasteiger partial charge in [-0.05, 0) is 24.0 Å². The smallest absolute Gasteiger partial charge is 0.236 e. The lowest BCUT2D eigenvalue weighted by atomic mass is 10.1. The number of aromatic nitrogens is 2. The molecule has 1 aromatic carbocycles. The maximum absolute atomic E-state index is 12.4. The Morgan fingerprint density at radius 2 is 2.00 bits per heavy atom. The van der Waals surface area contributed by atoms with E-state index in [9.17, 15) is 4.79 Å². The minimum absolute atomic E-state index is 0.0351. The first-order chi connectivity index (χ1) is 14.6. The third-order valence-corrected chi connectivity index (χ3v) is 5.69. The van der Waals surface area contributed by atoms with E-state index in [1.54, 1.807) is 0 Å². The van der Waals surface area contributed by atoms with Gasteiger partial charge in [0.05, 0.1) is 18.0 Å². The number of nitrogens with zero attached hydrogens (tertiary/aromatic N) is 3. The molecule has 2 aromatic rings. The Morgan fingerprint density at radius 3 is 2.73 bits per heavy atom. The van der Waals surface area contributed by atoms with Crippen molar-refractivity contribution in [3.05, 3.63) is 52.8 Å². The van der Waals surface area contributed by atoms with E-state index in [1.165, 1.54) is 11.1 Å². The highest BCUT2D eigenvalue weighted by atomic mass is 16.2. The molecule has 1 amide bonds. The van der Waals surface area contributed by atoms with E-state index in [0.29, 0.717) is 38.0 Å². The van der Waals surface area contributed by atoms with Crippen LogP contribution < -0.4 is 10.6 Å². The number of hydrogen-bond acceptors (Lipinski definition) is 7. The van der Waals surface area contributed by atoms with Crippen molar-refractivity contribution < 1.29 is 4.79 Å². The van der Waals surface area contributed by atoms with Gasteiger partial charge in [0.25, 0.3) is 0 Å². The Kier molecular flexibility index (Phi) is 6.13. The Bertz CT molecular complexity index is 933. The Labute approximate surface area is 176 Å². The highest BCUT2D eigenvalue weighted by Crippen LogP contribution is 2.24. The quantitative estimate of drug-likeness (QED) is 0.393. The lowest BCUT2D eigenvalue weighted by Crippen LogP contribution is -2.41. The molecule has 0 fully saturated rings. The van der Waals surface area contributed by atoms with Crippen molar-refractivity contribution in [2.75, 3.05) is 25.0 Å². The van der Waals surface area contributed by atoms with Crippen molar-refractivity contribution in [2.24, 2.45) is 0 Å². The number of fused-ring (bicyclic) bond motifs is 2. The van der Waals surface area contributed by atoms with Crippen molar-refractivity contribution in [2.45, 2.75) is 38.3 Å². The molecule has 4 N–H and O–H groups in total. The van der Waals surface area contributed by atoms with Crippen LogP contribution >= 0.6 is 0 Å². The molecule has 1 aromatic heterocycles. The fourth-order valence-corrected chi connectivity index (χ4v) is 4.04. The second-order valence-electron chi connectivity index (χ2n) is 7.85. The molecule has 156 valence electrons. The van der Waals surface area contributed by atoms with Crippen LogP contribution in [0.1, 0.15) is 28.8 Å². The summed E-state index contributed by atoms with van der Waals surface area (Å²) >= 11 is 0. The molecule has 0 spiro atoms. The van der Waals surface area contributed by atoms with Gasteiger partial charge in [-0.2, -0.15) is 0 Å². The van der Waals surface area contributed by atoms with Crippen molar-refractivity contribution in [1.82, 2.24) is 20.2 Å². The van der Waals surface area contributed by atoms with Crippen LogP contribution in [0.25, 0.3) is 0 Å². The summed E-state index contributed by atoms with van der Waals surface area (Å²) in [6, 6.07) is 8.86. The molecule has 0 unspecified atom stereocenters. The summed E-state index contributed by atoms with van der Waals surface area (Å²) < 4.78 is 0. The second kappa shape index (κ2) is 9.13. The highest BCUT2D eigenvalue weighted by molar-refractivity contribution is 6.27. The van der Waals surface area contributed by atoms with E-state index in [1.807, 2.05) is 11.1 Å². The Morgan fingerprint density at radius 1 is 1.23 bits per heavy atom. The van der Waals surface area contributed by atoms with E-state index in [4.69, 9.17) is 15.8 Å². The lowest BCUT2D eigenvalue weighted by Gasteiger charge is -2.28. The minimum Gasteiger partial charge on any atom is -0.351 e. The third-order valence-electron chi connectivity index (χ3n) is 5.69. The van der Waals surface area contributed by atoms with Gasteiger partial charge >= 0.3 is 0 Å². The van der Waals surface area contributed by atoms with E-state index in [2.05, 4.69) is 39.9 Å². The predicted octanol–water partition coefficient (Wildman–Crippen LogP) is 1.59. The Balaban J connectivity index is 1.29. The van der Waals surface area contributed by atoms with E-state index < -0.39 is 0 Å². The van der Waals surface area contributed by atoms with Crippen molar-refractivity contribution in [3.8, 4) is 0 Å². The maximum atomic E-state index is 12.4. The molecule has 30 heavy (non-hydrogen) atoms. The van der Waals surface area contributed by atoms with Crippen LogP contribution in [0.2, 0.25) is 0 Å². The molecule has 2 heterocycles. The molecule has 8 heteroatoms. The standard InChI is InChI=1S/C22H27N7O/c23-11-18(24)5-7-25-13-21(30)29-8-6-20-17(14-29)12-26-22(28-20)27-19-9-15-3-1-2-4-16(15)10-19/h1-4,11-12,19,23-25H,5-10,13-14H2,(H,26,27,28). The largest absolute Gasteiger partial charge is 0.351 e. The van der Waals surface area contributed by atoms with Gasteiger partial charge in [0.1, 0.15) is 0 Å². The fraction of sp³-hybridized carbons (Fsp3) is 0.409. The van der Waals surface area contributed by atoms with Gasteiger partial charge in [0.2, 0.25) is 11.9 Å². The molecular formula is C22H27N7O. The number of hydrogen-bond donors (Lipinski definition) is 4. The number of carbonyl (C=O) groups excluding carboxylic acids is 1. The summed E-state index contributed by atoms with van der Waals surface area (Å²) in [6.45, 7) is 1.94. The SMILES string of the molecule is N=CC(=N)CCNCC(=O)N1CCc2nc(NC3Cc4ccccc4C3)ncc2C1. The monoisotopic (exact) mass is 405 g/mol. The summed E-state index contributed by atoms with van der Waals surface area (Å²) in [6.07, 6.45) is 6.03. The second-order valence-corrected chi connectivity index (χ2v) is 7.85. The zero-order valence-corrected chi connectivity index (χ0v) is 16.9. The first-order valence-electron chi connectivity index (χ1n) is 10.4. The number of benzene rings is 1. The van der Waals surface area contributed by atoms with Crippen LogP contribution in [0.4, 0.5) is 5.95 Å². The summed E-state index contributed by atoms with van der Waals surface area (Å²) in [5.41, 5.74) is 5.06. The van der Waals surface area contributed by atoms with Gasteiger partial charge in [0, 0.05) is 56.5 Å². The first-order valence-corrected chi connectivity index (χ1v) is 10.4. The molecule has 4 rings (SSSR count). The van der Waals surface area contributed by atoms with Crippen molar-refractivity contribution >= 4 is 23.8 Å². The number of anilines is 1.